The highest BCUT2D eigenvalue weighted by Crippen LogP contribution is 2.34. The Morgan fingerprint density at radius 2 is 2.00 bits per heavy atom. The predicted octanol–water partition coefficient (Wildman–Crippen LogP) is 3.19. The number of nitrogens with zero attached hydrogens (tertiary/aromatic N) is 2. The molecule has 0 N–H and O–H groups in total. The number of halogens is 1. The van der Waals surface area contributed by atoms with E-state index in [1.165, 1.54) is 0 Å². The third kappa shape index (κ3) is 2.38. The molecule has 19 heavy (non-hydrogen) atoms. The number of fused-ring (bicyclic) bond motifs is 1. The summed E-state index contributed by atoms with van der Waals surface area (Å²) in [6, 6.07) is 5.86. The summed E-state index contributed by atoms with van der Waals surface area (Å²) in [7, 11) is 1.64. The first-order valence-electron chi connectivity index (χ1n) is 6.37. The summed E-state index contributed by atoms with van der Waals surface area (Å²) in [5.41, 5.74) is 1.02. The van der Waals surface area contributed by atoms with Gasteiger partial charge in [0.25, 0.3) is 0 Å². The van der Waals surface area contributed by atoms with Crippen LogP contribution in [0.5, 0.6) is 5.75 Å². The van der Waals surface area contributed by atoms with E-state index in [4.69, 9.17) is 21.1 Å². The van der Waals surface area contributed by atoms with E-state index in [-0.39, 0.29) is 0 Å². The maximum absolute atomic E-state index is 6.14. The average Bonchev–Trinajstić information content (AvgIpc) is 2.48. The van der Waals surface area contributed by atoms with Crippen LogP contribution in [-0.4, -0.2) is 30.5 Å². The molecular weight excluding hydrogens is 264 g/mol. The summed E-state index contributed by atoms with van der Waals surface area (Å²) in [6.07, 6.45) is 1.97. The molecule has 3 rings (SSSR count). The fourth-order valence-electron chi connectivity index (χ4n) is 2.52. The lowest BCUT2D eigenvalue weighted by Crippen LogP contribution is -2.16. The van der Waals surface area contributed by atoms with E-state index in [9.17, 15) is 0 Å². The Hall–Kier alpha value is -1.39. The highest BCUT2D eigenvalue weighted by atomic mass is 35.5. The number of hydrogen-bond donors (Lipinski definition) is 0. The highest BCUT2D eigenvalue weighted by Gasteiger charge is 2.21. The first-order valence-corrected chi connectivity index (χ1v) is 6.75. The van der Waals surface area contributed by atoms with Crippen LogP contribution in [0, 0.1) is 0 Å². The molecule has 0 atom stereocenters. The van der Waals surface area contributed by atoms with Crippen LogP contribution in [0.15, 0.2) is 18.2 Å². The lowest BCUT2D eigenvalue weighted by Gasteiger charge is -2.22. The van der Waals surface area contributed by atoms with Crippen molar-refractivity contribution in [2.45, 2.75) is 18.8 Å². The standard InChI is InChI=1S/C14H15ClN2O2/c1-18-10-2-3-11-12(8-10)14(15)17-16-13(11)9-4-6-19-7-5-9/h2-3,8-9H,4-7H2,1H3. The third-order valence-electron chi connectivity index (χ3n) is 3.58. The van der Waals surface area contributed by atoms with Crippen LogP contribution in [0.1, 0.15) is 24.5 Å². The molecule has 1 aliphatic heterocycles. The van der Waals surface area contributed by atoms with Gasteiger partial charge in [-0.2, -0.15) is 5.10 Å². The molecule has 2 heterocycles. The Balaban J connectivity index is 2.12. The van der Waals surface area contributed by atoms with Crippen molar-refractivity contribution < 1.29 is 9.47 Å². The lowest BCUT2D eigenvalue weighted by molar-refractivity contribution is 0.0846. The Morgan fingerprint density at radius 3 is 2.74 bits per heavy atom. The maximum atomic E-state index is 6.14. The number of aromatic nitrogens is 2. The largest absolute Gasteiger partial charge is 0.497 e. The van der Waals surface area contributed by atoms with Gasteiger partial charge in [-0.1, -0.05) is 11.6 Å². The van der Waals surface area contributed by atoms with Gasteiger partial charge in [0.05, 0.1) is 12.8 Å². The van der Waals surface area contributed by atoms with E-state index in [1.54, 1.807) is 7.11 Å². The van der Waals surface area contributed by atoms with Gasteiger partial charge in [0.15, 0.2) is 5.15 Å². The van der Waals surface area contributed by atoms with E-state index >= 15 is 0 Å². The molecule has 0 saturated carbocycles. The Morgan fingerprint density at radius 1 is 1.21 bits per heavy atom. The van der Waals surface area contributed by atoms with Gasteiger partial charge >= 0.3 is 0 Å². The highest BCUT2D eigenvalue weighted by molar-refractivity contribution is 6.34. The number of benzene rings is 1. The van der Waals surface area contributed by atoms with E-state index in [0.29, 0.717) is 11.1 Å². The second-order valence-electron chi connectivity index (χ2n) is 4.67. The second-order valence-corrected chi connectivity index (χ2v) is 5.03. The van der Waals surface area contributed by atoms with Crippen molar-refractivity contribution in [1.29, 1.82) is 0 Å². The fourth-order valence-corrected chi connectivity index (χ4v) is 2.72. The smallest absolute Gasteiger partial charge is 0.159 e. The Bertz CT molecular complexity index is 597. The van der Waals surface area contributed by atoms with Crippen molar-refractivity contribution in [1.82, 2.24) is 10.2 Å². The summed E-state index contributed by atoms with van der Waals surface area (Å²) in [6.45, 7) is 1.57. The first-order chi connectivity index (χ1) is 9.29. The van der Waals surface area contributed by atoms with Gasteiger partial charge < -0.3 is 9.47 Å². The summed E-state index contributed by atoms with van der Waals surface area (Å²) in [5.74, 6) is 1.18. The zero-order chi connectivity index (χ0) is 13.2. The SMILES string of the molecule is COc1ccc2c(C3CCOCC3)nnc(Cl)c2c1. The van der Waals surface area contributed by atoms with Crippen LogP contribution in [0.2, 0.25) is 5.15 Å². The summed E-state index contributed by atoms with van der Waals surface area (Å²) in [4.78, 5) is 0. The van der Waals surface area contributed by atoms with Crippen LogP contribution < -0.4 is 4.74 Å². The monoisotopic (exact) mass is 278 g/mol. The molecule has 2 aromatic rings. The van der Waals surface area contributed by atoms with Gasteiger partial charge in [0.1, 0.15) is 5.75 Å². The molecule has 4 nitrogen and oxygen atoms in total. The van der Waals surface area contributed by atoms with Crippen molar-refractivity contribution in [2.24, 2.45) is 0 Å². The van der Waals surface area contributed by atoms with Gasteiger partial charge in [-0.3, -0.25) is 0 Å². The van der Waals surface area contributed by atoms with Crippen molar-refractivity contribution in [3.8, 4) is 5.75 Å². The summed E-state index contributed by atoms with van der Waals surface area (Å²) < 4.78 is 10.6. The molecule has 1 aromatic carbocycles. The zero-order valence-corrected chi connectivity index (χ0v) is 11.5. The van der Waals surface area contributed by atoms with Crippen LogP contribution >= 0.6 is 11.6 Å². The van der Waals surface area contributed by atoms with Crippen LogP contribution in [-0.2, 0) is 4.74 Å². The van der Waals surface area contributed by atoms with E-state index in [0.717, 1.165) is 48.3 Å². The molecule has 0 spiro atoms. The van der Waals surface area contributed by atoms with Crippen LogP contribution in [0.4, 0.5) is 0 Å². The van der Waals surface area contributed by atoms with Gasteiger partial charge in [0.2, 0.25) is 0 Å². The first kappa shape index (κ1) is 12.6. The molecule has 100 valence electrons. The number of ether oxygens (including phenoxy) is 2. The quantitative estimate of drug-likeness (QED) is 0.846. The van der Waals surface area contributed by atoms with E-state index in [1.807, 2.05) is 18.2 Å². The topological polar surface area (TPSA) is 44.2 Å². The molecule has 0 amide bonds. The van der Waals surface area contributed by atoms with Crippen molar-refractivity contribution in [3.63, 3.8) is 0 Å². The van der Waals surface area contributed by atoms with Crippen molar-refractivity contribution in [2.75, 3.05) is 20.3 Å². The summed E-state index contributed by atoms with van der Waals surface area (Å²) >= 11 is 6.14. The Labute approximate surface area is 116 Å². The van der Waals surface area contributed by atoms with Crippen LogP contribution in [0.3, 0.4) is 0 Å². The average molecular weight is 279 g/mol. The molecule has 1 aliphatic rings. The van der Waals surface area contributed by atoms with E-state index < -0.39 is 0 Å². The van der Waals surface area contributed by atoms with Gasteiger partial charge in [-0.25, -0.2) is 0 Å². The molecular formula is C14H15ClN2O2. The number of hydrogen-bond acceptors (Lipinski definition) is 4. The minimum Gasteiger partial charge on any atom is -0.497 e. The van der Waals surface area contributed by atoms with Crippen molar-refractivity contribution >= 4 is 22.4 Å². The molecule has 0 unspecified atom stereocenters. The van der Waals surface area contributed by atoms with Gasteiger partial charge in [0, 0.05) is 29.9 Å². The van der Waals surface area contributed by atoms with Gasteiger partial charge in [-0.05, 0) is 31.0 Å². The second kappa shape index (κ2) is 5.31. The van der Waals surface area contributed by atoms with Crippen molar-refractivity contribution in [3.05, 3.63) is 29.0 Å². The molecule has 1 fully saturated rings. The molecule has 1 saturated heterocycles. The number of methoxy groups -OCH3 is 1. The Kier molecular flexibility index (Phi) is 3.53. The normalized spacial score (nSPS) is 16.7. The predicted molar refractivity (Wildman–Crippen MR) is 73.9 cm³/mol. The molecule has 1 aromatic heterocycles. The molecule has 5 heteroatoms. The lowest BCUT2D eigenvalue weighted by atomic mass is 9.93. The third-order valence-corrected chi connectivity index (χ3v) is 3.86. The fraction of sp³-hybridized carbons (Fsp3) is 0.429. The number of rotatable bonds is 2. The van der Waals surface area contributed by atoms with Crippen LogP contribution in [0.25, 0.3) is 10.8 Å². The maximum Gasteiger partial charge on any atom is 0.159 e. The molecule has 0 aliphatic carbocycles. The minimum atomic E-state index is 0.398. The van der Waals surface area contributed by atoms with Gasteiger partial charge in [-0.15, -0.1) is 5.10 Å². The molecule has 0 bridgehead atoms. The molecule has 0 radical (unpaired) electrons. The zero-order valence-electron chi connectivity index (χ0n) is 10.7. The van der Waals surface area contributed by atoms with E-state index in [2.05, 4.69) is 10.2 Å². The summed E-state index contributed by atoms with van der Waals surface area (Å²) in [5, 5.41) is 10.8. The minimum absolute atomic E-state index is 0.398.